The highest BCUT2D eigenvalue weighted by molar-refractivity contribution is 7.15. The van der Waals surface area contributed by atoms with Crippen LogP contribution in [0, 0.1) is 6.92 Å². The molecule has 9 heteroatoms. The van der Waals surface area contributed by atoms with Gasteiger partial charge < -0.3 is 4.74 Å². The van der Waals surface area contributed by atoms with Crippen molar-refractivity contribution in [2.75, 3.05) is 5.32 Å². The van der Waals surface area contributed by atoms with E-state index >= 15 is 0 Å². The van der Waals surface area contributed by atoms with Crippen molar-refractivity contribution in [3.05, 3.63) is 34.1 Å². The lowest BCUT2D eigenvalue weighted by Gasteiger charge is -2.12. The minimum atomic E-state index is -0.978. The predicted octanol–water partition coefficient (Wildman–Crippen LogP) is 2.08. The monoisotopic (exact) mass is 326 g/mol. The Balaban J connectivity index is 1.95. The van der Waals surface area contributed by atoms with Crippen LogP contribution in [-0.4, -0.2) is 33.2 Å². The third-order valence-corrected chi connectivity index (χ3v) is 3.33. The number of esters is 1. The number of hydrogen-bond donors (Lipinski definition) is 1. The van der Waals surface area contributed by atoms with Crippen molar-refractivity contribution in [1.29, 1.82) is 0 Å². The van der Waals surface area contributed by atoms with Gasteiger partial charge in [-0.05, 0) is 26.0 Å². The zero-order valence-electron chi connectivity index (χ0n) is 11.2. The van der Waals surface area contributed by atoms with Crippen LogP contribution in [0.25, 0.3) is 0 Å². The highest BCUT2D eigenvalue weighted by Gasteiger charge is 2.20. The number of amides is 1. The van der Waals surface area contributed by atoms with E-state index in [0.717, 1.165) is 5.01 Å². The summed E-state index contributed by atoms with van der Waals surface area (Å²) < 4.78 is 5.05. The standard InChI is InChI=1S/C12H11ClN4O3S/c1-6(10(18)15-12-17-16-7(2)21-12)20-11(19)8-3-4-14-9(13)5-8/h3-6H,1-2H3,(H,15,17,18). The lowest BCUT2D eigenvalue weighted by molar-refractivity contribution is -0.123. The maximum Gasteiger partial charge on any atom is 0.339 e. The fourth-order valence-corrected chi connectivity index (χ4v) is 2.13. The molecule has 0 spiro atoms. The van der Waals surface area contributed by atoms with Crippen LogP contribution >= 0.6 is 22.9 Å². The molecule has 1 N–H and O–H groups in total. The molecule has 110 valence electrons. The van der Waals surface area contributed by atoms with Gasteiger partial charge in [0.15, 0.2) is 6.10 Å². The van der Waals surface area contributed by atoms with Gasteiger partial charge in [0.1, 0.15) is 10.2 Å². The van der Waals surface area contributed by atoms with Crippen molar-refractivity contribution in [3.63, 3.8) is 0 Å². The third-order valence-electron chi connectivity index (χ3n) is 2.37. The largest absolute Gasteiger partial charge is 0.449 e. The van der Waals surface area contributed by atoms with Crippen molar-refractivity contribution in [1.82, 2.24) is 15.2 Å². The number of aromatic nitrogens is 3. The lowest BCUT2D eigenvalue weighted by Crippen LogP contribution is -2.30. The number of ether oxygens (including phenoxy) is 1. The Morgan fingerprint density at radius 3 is 2.81 bits per heavy atom. The van der Waals surface area contributed by atoms with Gasteiger partial charge in [-0.2, -0.15) is 0 Å². The molecule has 1 unspecified atom stereocenters. The van der Waals surface area contributed by atoms with Gasteiger partial charge in [-0.15, -0.1) is 10.2 Å². The average molecular weight is 327 g/mol. The van der Waals surface area contributed by atoms with E-state index in [9.17, 15) is 9.59 Å². The minimum Gasteiger partial charge on any atom is -0.449 e. The average Bonchev–Trinajstić information content (AvgIpc) is 2.84. The Labute approximate surface area is 129 Å². The molecule has 0 bridgehead atoms. The molecule has 1 amide bonds. The Hall–Kier alpha value is -2.06. The minimum absolute atomic E-state index is 0.172. The molecule has 2 aromatic heterocycles. The van der Waals surface area contributed by atoms with E-state index in [0.29, 0.717) is 5.13 Å². The van der Waals surface area contributed by atoms with E-state index in [1.54, 1.807) is 6.92 Å². The number of pyridine rings is 1. The summed E-state index contributed by atoms with van der Waals surface area (Å²) in [6.45, 7) is 3.23. The SMILES string of the molecule is Cc1nnc(NC(=O)C(C)OC(=O)c2ccnc(Cl)c2)s1. The van der Waals surface area contributed by atoms with Gasteiger partial charge in [0.05, 0.1) is 5.56 Å². The van der Waals surface area contributed by atoms with Crippen LogP contribution in [0.5, 0.6) is 0 Å². The molecule has 2 aromatic rings. The predicted molar refractivity (Wildman–Crippen MR) is 77.4 cm³/mol. The Morgan fingerprint density at radius 2 is 2.19 bits per heavy atom. The number of nitrogens with zero attached hydrogens (tertiary/aromatic N) is 3. The number of halogens is 1. The van der Waals surface area contributed by atoms with Crippen LogP contribution in [0.1, 0.15) is 22.3 Å². The van der Waals surface area contributed by atoms with Crippen molar-refractivity contribution in [2.24, 2.45) is 0 Å². The number of carbonyl (C=O) groups excluding carboxylic acids is 2. The van der Waals surface area contributed by atoms with Gasteiger partial charge in [0, 0.05) is 6.20 Å². The fourth-order valence-electron chi connectivity index (χ4n) is 1.37. The molecular weight excluding hydrogens is 316 g/mol. The van der Waals surface area contributed by atoms with E-state index in [1.807, 2.05) is 0 Å². The maximum atomic E-state index is 11.9. The molecule has 0 aliphatic rings. The lowest BCUT2D eigenvalue weighted by atomic mass is 10.3. The number of rotatable bonds is 4. The van der Waals surface area contributed by atoms with Crippen LogP contribution in [0.15, 0.2) is 18.3 Å². The first-order valence-electron chi connectivity index (χ1n) is 5.89. The summed E-state index contributed by atoms with van der Waals surface area (Å²) in [7, 11) is 0. The van der Waals surface area contributed by atoms with Gasteiger partial charge in [0.25, 0.3) is 5.91 Å². The molecule has 0 saturated carbocycles. The highest BCUT2D eigenvalue weighted by atomic mass is 35.5. The van der Waals surface area contributed by atoms with E-state index in [2.05, 4.69) is 20.5 Å². The van der Waals surface area contributed by atoms with E-state index in [1.165, 1.54) is 36.6 Å². The summed E-state index contributed by atoms with van der Waals surface area (Å²) >= 11 is 6.92. The molecule has 2 rings (SSSR count). The molecule has 1 atom stereocenters. The number of anilines is 1. The molecule has 0 aliphatic carbocycles. The number of carbonyl (C=O) groups is 2. The molecule has 0 saturated heterocycles. The molecule has 0 fully saturated rings. The quantitative estimate of drug-likeness (QED) is 0.683. The first-order valence-corrected chi connectivity index (χ1v) is 7.08. The number of nitrogens with one attached hydrogen (secondary N) is 1. The summed E-state index contributed by atoms with van der Waals surface area (Å²) in [5.74, 6) is -1.14. The molecule has 21 heavy (non-hydrogen) atoms. The number of aryl methyl sites for hydroxylation is 1. The molecule has 0 radical (unpaired) electrons. The first kappa shape index (κ1) is 15.3. The highest BCUT2D eigenvalue weighted by Crippen LogP contribution is 2.15. The molecule has 0 aliphatic heterocycles. The van der Waals surface area contributed by atoms with E-state index < -0.39 is 18.0 Å². The first-order chi connectivity index (χ1) is 9.95. The normalized spacial score (nSPS) is 11.8. The van der Waals surface area contributed by atoms with Crippen molar-refractivity contribution in [2.45, 2.75) is 20.0 Å². The van der Waals surface area contributed by atoms with Crippen molar-refractivity contribution in [3.8, 4) is 0 Å². The van der Waals surface area contributed by atoms with Gasteiger partial charge in [0.2, 0.25) is 5.13 Å². The van der Waals surface area contributed by atoms with E-state index in [4.69, 9.17) is 16.3 Å². The van der Waals surface area contributed by atoms with Gasteiger partial charge in [-0.25, -0.2) is 9.78 Å². The van der Waals surface area contributed by atoms with E-state index in [-0.39, 0.29) is 10.7 Å². The molecular formula is C12H11ClN4O3S. The van der Waals surface area contributed by atoms with Crippen LogP contribution in [0.2, 0.25) is 5.15 Å². The second-order valence-corrected chi connectivity index (χ2v) is 5.60. The van der Waals surface area contributed by atoms with Crippen molar-refractivity contribution < 1.29 is 14.3 Å². The Bertz CT molecular complexity index is 676. The number of hydrogen-bond acceptors (Lipinski definition) is 7. The Morgan fingerprint density at radius 1 is 1.43 bits per heavy atom. The second kappa shape index (κ2) is 6.59. The topological polar surface area (TPSA) is 94.1 Å². The molecule has 2 heterocycles. The zero-order valence-corrected chi connectivity index (χ0v) is 12.7. The summed E-state index contributed by atoms with van der Waals surface area (Å²) in [6, 6.07) is 2.82. The van der Waals surface area contributed by atoms with Crippen LogP contribution in [0.3, 0.4) is 0 Å². The zero-order chi connectivity index (χ0) is 15.4. The van der Waals surface area contributed by atoms with Crippen LogP contribution in [0.4, 0.5) is 5.13 Å². The summed E-state index contributed by atoms with van der Waals surface area (Å²) in [6.07, 6.45) is 0.405. The van der Waals surface area contributed by atoms with Crippen molar-refractivity contribution >= 4 is 39.9 Å². The summed E-state index contributed by atoms with van der Waals surface area (Å²) in [5.41, 5.74) is 0.224. The second-order valence-electron chi connectivity index (χ2n) is 4.03. The smallest absolute Gasteiger partial charge is 0.339 e. The Kier molecular flexibility index (Phi) is 4.81. The van der Waals surface area contributed by atoms with Gasteiger partial charge in [-0.3, -0.25) is 10.1 Å². The van der Waals surface area contributed by atoms with Gasteiger partial charge in [-0.1, -0.05) is 22.9 Å². The van der Waals surface area contributed by atoms with Gasteiger partial charge >= 0.3 is 5.97 Å². The fraction of sp³-hybridized carbons (Fsp3) is 0.250. The maximum absolute atomic E-state index is 11.9. The molecule has 7 nitrogen and oxygen atoms in total. The van der Waals surface area contributed by atoms with Crippen LogP contribution < -0.4 is 5.32 Å². The third kappa shape index (κ3) is 4.20. The summed E-state index contributed by atoms with van der Waals surface area (Å²) in [4.78, 5) is 27.5. The molecule has 0 aromatic carbocycles. The summed E-state index contributed by atoms with van der Waals surface area (Å²) in [5, 5.41) is 11.3. The van der Waals surface area contributed by atoms with Crippen LogP contribution in [-0.2, 0) is 9.53 Å².